The van der Waals surface area contributed by atoms with E-state index in [1.807, 2.05) is 5.38 Å². The summed E-state index contributed by atoms with van der Waals surface area (Å²) < 4.78 is 6.44. The Morgan fingerprint density at radius 3 is 3.25 bits per heavy atom. The van der Waals surface area contributed by atoms with Crippen molar-refractivity contribution in [1.29, 1.82) is 0 Å². The Labute approximate surface area is 83.3 Å². The minimum atomic E-state index is 0.148. The van der Waals surface area contributed by atoms with E-state index < -0.39 is 0 Å². The van der Waals surface area contributed by atoms with E-state index in [-0.39, 0.29) is 6.10 Å². The monoisotopic (exact) mass is 248 g/mol. The van der Waals surface area contributed by atoms with Gasteiger partial charge in [0, 0.05) is 18.5 Å². The lowest BCUT2D eigenvalue weighted by molar-refractivity contribution is 0.0275. The first-order chi connectivity index (χ1) is 5.86. The number of thiazole rings is 1. The summed E-state index contributed by atoms with van der Waals surface area (Å²) in [7, 11) is 0. The van der Waals surface area contributed by atoms with Gasteiger partial charge in [0.25, 0.3) is 0 Å². The quantitative estimate of drug-likeness (QED) is 0.820. The lowest BCUT2D eigenvalue weighted by Gasteiger charge is -2.21. The minimum Gasteiger partial charge on any atom is -0.368 e. The van der Waals surface area contributed by atoms with Crippen molar-refractivity contribution >= 4 is 27.3 Å². The number of rotatable bonds is 1. The van der Waals surface area contributed by atoms with Crippen LogP contribution >= 0.6 is 27.3 Å². The molecular weight excluding hydrogens is 240 g/mol. The molecule has 1 aromatic heterocycles. The Kier molecular flexibility index (Phi) is 2.75. The molecule has 0 amide bonds. The topological polar surface area (TPSA) is 34.1 Å². The van der Waals surface area contributed by atoms with E-state index in [0.29, 0.717) is 0 Å². The highest BCUT2D eigenvalue weighted by atomic mass is 79.9. The molecule has 5 heteroatoms. The zero-order chi connectivity index (χ0) is 8.39. The number of halogens is 1. The minimum absolute atomic E-state index is 0.148. The Bertz CT molecular complexity index is 260. The molecule has 0 aromatic carbocycles. The van der Waals surface area contributed by atoms with Crippen molar-refractivity contribution < 1.29 is 4.74 Å². The predicted octanol–water partition coefficient (Wildman–Crippen LogP) is 1.57. The van der Waals surface area contributed by atoms with Crippen LogP contribution in [-0.4, -0.2) is 24.7 Å². The number of morpholine rings is 1. The number of nitrogens with zero attached hydrogens (tertiary/aromatic N) is 1. The van der Waals surface area contributed by atoms with Crippen LogP contribution in [0.1, 0.15) is 11.1 Å². The molecule has 0 radical (unpaired) electrons. The summed E-state index contributed by atoms with van der Waals surface area (Å²) in [5, 5.41) is 6.30. The zero-order valence-corrected chi connectivity index (χ0v) is 8.82. The average Bonchev–Trinajstić information content (AvgIpc) is 2.54. The molecule has 12 heavy (non-hydrogen) atoms. The molecule has 1 aliphatic heterocycles. The Morgan fingerprint density at radius 2 is 2.67 bits per heavy atom. The van der Waals surface area contributed by atoms with E-state index >= 15 is 0 Å². The van der Waals surface area contributed by atoms with E-state index in [9.17, 15) is 0 Å². The number of hydrogen-bond acceptors (Lipinski definition) is 4. The van der Waals surface area contributed by atoms with Crippen molar-refractivity contribution in [2.24, 2.45) is 0 Å². The Morgan fingerprint density at radius 1 is 1.75 bits per heavy atom. The zero-order valence-electron chi connectivity index (χ0n) is 6.42. The fraction of sp³-hybridized carbons (Fsp3) is 0.571. The van der Waals surface area contributed by atoms with Crippen molar-refractivity contribution in [1.82, 2.24) is 10.3 Å². The van der Waals surface area contributed by atoms with Crippen LogP contribution in [0.4, 0.5) is 0 Å². The summed E-state index contributed by atoms with van der Waals surface area (Å²) in [6.07, 6.45) is 0.148. The smallest absolute Gasteiger partial charge is 0.124 e. The molecule has 3 nitrogen and oxygen atoms in total. The highest BCUT2D eigenvalue weighted by Crippen LogP contribution is 2.24. The van der Waals surface area contributed by atoms with Gasteiger partial charge in [-0.15, -0.1) is 11.3 Å². The van der Waals surface area contributed by atoms with Crippen molar-refractivity contribution in [2.75, 3.05) is 19.7 Å². The number of nitrogens with one attached hydrogen (secondary N) is 1. The molecule has 0 saturated carbocycles. The number of hydrogen-bond donors (Lipinski definition) is 1. The van der Waals surface area contributed by atoms with Crippen LogP contribution in [0.25, 0.3) is 0 Å². The third kappa shape index (κ3) is 1.85. The third-order valence-corrected chi connectivity index (χ3v) is 3.34. The molecule has 1 aliphatic rings. The molecule has 1 unspecified atom stereocenters. The molecule has 1 atom stereocenters. The van der Waals surface area contributed by atoms with Gasteiger partial charge >= 0.3 is 0 Å². The normalized spacial score (nSPS) is 24.2. The van der Waals surface area contributed by atoms with Crippen LogP contribution in [0.3, 0.4) is 0 Å². The van der Waals surface area contributed by atoms with E-state index in [1.54, 1.807) is 11.3 Å². The maximum Gasteiger partial charge on any atom is 0.124 e. The second-order valence-electron chi connectivity index (χ2n) is 2.57. The highest BCUT2D eigenvalue weighted by molar-refractivity contribution is 9.10. The maximum atomic E-state index is 5.54. The van der Waals surface area contributed by atoms with Crippen LogP contribution in [0, 0.1) is 0 Å². The van der Waals surface area contributed by atoms with Crippen LogP contribution in [0.15, 0.2) is 9.98 Å². The van der Waals surface area contributed by atoms with Gasteiger partial charge in [0.2, 0.25) is 0 Å². The van der Waals surface area contributed by atoms with Gasteiger partial charge < -0.3 is 10.1 Å². The van der Waals surface area contributed by atoms with E-state index in [1.165, 1.54) is 0 Å². The SMILES string of the molecule is Brc1csc(C2CNCCO2)n1. The molecule has 1 saturated heterocycles. The van der Waals surface area contributed by atoms with Gasteiger partial charge in [0.1, 0.15) is 15.7 Å². The predicted molar refractivity (Wildman–Crippen MR) is 51.4 cm³/mol. The molecule has 1 aromatic rings. The number of ether oxygens (including phenoxy) is 1. The third-order valence-electron chi connectivity index (χ3n) is 1.70. The van der Waals surface area contributed by atoms with Crippen molar-refractivity contribution in [2.45, 2.75) is 6.10 Å². The largest absolute Gasteiger partial charge is 0.368 e. The van der Waals surface area contributed by atoms with Crippen LogP contribution in [-0.2, 0) is 4.74 Å². The first kappa shape index (κ1) is 8.62. The van der Waals surface area contributed by atoms with Crippen molar-refractivity contribution in [3.05, 3.63) is 15.0 Å². The maximum absolute atomic E-state index is 5.54. The van der Waals surface area contributed by atoms with Gasteiger partial charge in [-0.2, -0.15) is 0 Å². The molecule has 2 heterocycles. The summed E-state index contributed by atoms with van der Waals surface area (Å²) in [4.78, 5) is 4.30. The van der Waals surface area contributed by atoms with Gasteiger partial charge in [0.15, 0.2) is 0 Å². The van der Waals surface area contributed by atoms with Crippen molar-refractivity contribution in [3.63, 3.8) is 0 Å². The average molecular weight is 249 g/mol. The molecule has 1 N–H and O–H groups in total. The van der Waals surface area contributed by atoms with Gasteiger partial charge in [-0.3, -0.25) is 0 Å². The molecule has 2 rings (SSSR count). The van der Waals surface area contributed by atoms with E-state index in [2.05, 4.69) is 26.2 Å². The van der Waals surface area contributed by atoms with Gasteiger partial charge in [-0.1, -0.05) is 0 Å². The lowest BCUT2D eigenvalue weighted by atomic mass is 10.3. The summed E-state index contributed by atoms with van der Waals surface area (Å²) in [5.74, 6) is 0. The van der Waals surface area contributed by atoms with Gasteiger partial charge in [0.05, 0.1) is 6.61 Å². The fourth-order valence-corrected chi connectivity index (χ4v) is 2.45. The summed E-state index contributed by atoms with van der Waals surface area (Å²) >= 11 is 4.96. The van der Waals surface area contributed by atoms with E-state index in [4.69, 9.17) is 4.74 Å². The van der Waals surface area contributed by atoms with Crippen LogP contribution in [0.2, 0.25) is 0 Å². The second kappa shape index (κ2) is 3.83. The summed E-state index contributed by atoms with van der Waals surface area (Å²) in [6, 6.07) is 0. The van der Waals surface area contributed by atoms with Crippen molar-refractivity contribution in [3.8, 4) is 0 Å². The fourth-order valence-electron chi connectivity index (χ4n) is 1.14. The first-order valence-electron chi connectivity index (χ1n) is 3.79. The molecule has 0 aliphatic carbocycles. The van der Waals surface area contributed by atoms with Gasteiger partial charge in [-0.05, 0) is 15.9 Å². The summed E-state index contributed by atoms with van der Waals surface area (Å²) in [5.41, 5.74) is 0. The van der Waals surface area contributed by atoms with E-state index in [0.717, 1.165) is 29.3 Å². The molecule has 66 valence electrons. The standard InChI is InChI=1S/C7H9BrN2OS/c8-6-4-12-7(10-6)5-3-9-1-2-11-5/h4-5,9H,1-3H2. The first-order valence-corrected chi connectivity index (χ1v) is 5.47. The molecule has 0 spiro atoms. The molecular formula is C7H9BrN2OS. The van der Waals surface area contributed by atoms with Crippen LogP contribution in [0.5, 0.6) is 0 Å². The second-order valence-corrected chi connectivity index (χ2v) is 4.27. The number of aromatic nitrogens is 1. The lowest BCUT2D eigenvalue weighted by Crippen LogP contribution is -2.33. The highest BCUT2D eigenvalue weighted by Gasteiger charge is 2.18. The molecule has 0 bridgehead atoms. The van der Waals surface area contributed by atoms with Gasteiger partial charge in [-0.25, -0.2) is 4.98 Å². The Balaban J connectivity index is 2.08. The summed E-state index contributed by atoms with van der Waals surface area (Å²) in [6.45, 7) is 2.60. The van der Waals surface area contributed by atoms with Crippen LogP contribution < -0.4 is 5.32 Å². The molecule has 1 fully saturated rings. The Hall–Kier alpha value is 0.0300.